The maximum atomic E-state index is 6.41. The van der Waals surface area contributed by atoms with Crippen molar-refractivity contribution in [2.45, 2.75) is 0 Å². The predicted octanol–water partition coefficient (Wildman–Crippen LogP) is 5.31. The van der Waals surface area contributed by atoms with E-state index >= 15 is 0 Å². The lowest BCUT2D eigenvalue weighted by Crippen LogP contribution is -2.10. The highest BCUT2D eigenvalue weighted by atomic mass is 16.5. The number of hydrogen-bond acceptors (Lipinski definition) is 3. The van der Waals surface area contributed by atoms with Gasteiger partial charge in [0, 0.05) is 43.1 Å². The van der Waals surface area contributed by atoms with E-state index < -0.39 is 0 Å². The molecule has 0 saturated carbocycles. The molecule has 0 unspecified atom stereocenters. The molecular weight excluding hydrogens is 396 g/mol. The Hall–Kier alpha value is -3.79. The van der Waals surface area contributed by atoms with E-state index in [0.717, 1.165) is 50.9 Å². The van der Waals surface area contributed by atoms with Crippen LogP contribution in [0.3, 0.4) is 0 Å². The van der Waals surface area contributed by atoms with Crippen molar-refractivity contribution in [3.8, 4) is 5.75 Å². The Kier molecular flexibility index (Phi) is 6.13. The van der Waals surface area contributed by atoms with Crippen LogP contribution in [0.1, 0.15) is 11.1 Å². The molecule has 2 aliphatic rings. The first-order chi connectivity index (χ1) is 15.4. The van der Waals surface area contributed by atoms with Crippen molar-refractivity contribution >= 4 is 22.7 Å². The molecule has 1 aliphatic heterocycles. The number of nitrogens with zero attached hydrogens (tertiary/aromatic N) is 2. The summed E-state index contributed by atoms with van der Waals surface area (Å²) in [5, 5.41) is 0. The summed E-state index contributed by atoms with van der Waals surface area (Å²) in [5.41, 5.74) is 6.59. The lowest BCUT2D eigenvalue weighted by Gasteiger charge is -2.21. The molecule has 4 nitrogen and oxygen atoms in total. The van der Waals surface area contributed by atoms with E-state index in [2.05, 4.69) is 82.3 Å². The normalized spacial score (nSPS) is 15.2. The van der Waals surface area contributed by atoms with E-state index in [1.165, 1.54) is 0 Å². The number of hydrogen-bond donors (Lipinski definition) is 0. The molecule has 1 aliphatic carbocycles. The van der Waals surface area contributed by atoms with Gasteiger partial charge in [0.15, 0.2) is 5.71 Å². The van der Waals surface area contributed by atoms with Crippen molar-refractivity contribution in [3.05, 3.63) is 107 Å². The van der Waals surface area contributed by atoms with Gasteiger partial charge in [-0.3, -0.25) is 0 Å². The second-order valence-electron chi connectivity index (χ2n) is 8.19. The highest BCUT2D eigenvalue weighted by molar-refractivity contribution is 6.02. The van der Waals surface area contributed by atoms with Gasteiger partial charge >= 0.3 is 0 Å². The van der Waals surface area contributed by atoms with Crippen molar-refractivity contribution in [2.24, 2.45) is 0 Å². The number of allylic oxidation sites excluding steroid dienone is 8. The van der Waals surface area contributed by atoms with Crippen molar-refractivity contribution in [1.82, 2.24) is 0 Å². The van der Waals surface area contributed by atoms with Gasteiger partial charge in [0.1, 0.15) is 31.4 Å². The molecule has 0 N–H and O–H groups in total. The summed E-state index contributed by atoms with van der Waals surface area (Å²) >= 11 is 0. The summed E-state index contributed by atoms with van der Waals surface area (Å²) < 4.78 is 13.8. The van der Waals surface area contributed by atoms with E-state index in [0.29, 0.717) is 0 Å². The van der Waals surface area contributed by atoms with Gasteiger partial charge in [-0.2, -0.15) is 0 Å². The number of ether oxygens (including phenoxy) is 2. The van der Waals surface area contributed by atoms with Gasteiger partial charge in [0.05, 0.1) is 7.11 Å². The van der Waals surface area contributed by atoms with Crippen LogP contribution in [0, 0.1) is 0 Å². The summed E-state index contributed by atoms with van der Waals surface area (Å²) in [5.74, 6) is 2.50. The fourth-order valence-corrected chi connectivity index (χ4v) is 3.58. The maximum absolute atomic E-state index is 6.41. The fourth-order valence-electron chi connectivity index (χ4n) is 3.58. The molecule has 4 rings (SSSR count). The van der Waals surface area contributed by atoms with Gasteiger partial charge in [-0.05, 0) is 71.8 Å². The molecule has 0 fully saturated rings. The Balaban J connectivity index is 1.77. The van der Waals surface area contributed by atoms with Gasteiger partial charge in [-0.25, -0.2) is 4.58 Å². The Morgan fingerprint density at radius 2 is 1.41 bits per heavy atom. The Labute approximate surface area is 190 Å². The number of rotatable bonds is 4. The molecule has 0 radical (unpaired) electrons. The Morgan fingerprint density at radius 3 is 1.97 bits per heavy atom. The minimum absolute atomic E-state index is 0.829. The molecule has 2 aromatic carbocycles. The smallest absolute Gasteiger partial charge is 0.199 e. The quantitative estimate of drug-likeness (QED) is 0.621. The first kappa shape index (κ1) is 21.4. The maximum Gasteiger partial charge on any atom is 0.199 e. The van der Waals surface area contributed by atoms with Crippen molar-refractivity contribution in [1.29, 1.82) is 0 Å². The summed E-state index contributed by atoms with van der Waals surface area (Å²) in [6.45, 7) is 0. The molecule has 1 heterocycles. The number of benzene rings is 2. The molecule has 162 valence electrons. The molecule has 2 aromatic rings. The molecule has 0 spiro atoms. The van der Waals surface area contributed by atoms with E-state index in [9.17, 15) is 0 Å². The van der Waals surface area contributed by atoms with Crippen LogP contribution in [0.5, 0.6) is 5.75 Å². The highest BCUT2D eigenvalue weighted by Gasteiger charge is 2.18. The van der Waals surface area contributed by atoms with E-state index in [1.807, 2.05) is 40.3 Å². The molecule has 0 atom stereocenters. The molecule has 4 heteroatoms. The lowest BCUT2D eigenvalue weighted by molar-refractivity contribution is -0.462. The zero-order valence-electron chi connectivity index (χ0n) is 19.3. The fraction of sp³-hybridized carbons (Fsp3) is 0.179. The first-order valence-electron chi connectivity index (χ1n) is 10.6. The van der Waals surface area contributed by atoms with Gasteiger partial charge < -0.3 is 14.4 Å². The average Bonchev–Trinajstić information content (AvgIpc) is 2.84. The topological polar surface area (TPSA) is 24.7 Å². The largest absolute Gasteiger partial charge is 0.497 e. The molecule has 0 saturated heterocycles. The second kappa shape index (κ2) is 9.15. The van der Waals surface area contributed by atoms with Crippen LogP contribution in [0.15, 0.2) is 96.3 Å². The summed E-state index contributed by atoms with van der Waals surface area (Å²) in [4.78, 5) is 2.09. The second-order valence-corrected chi connectivity index (χ2v) is 8.19. The van der Waals surface area contributed by atoms with Gasteiger partial charge in [-0.15, -0.1) is 0 Å². The third-order valence-electron chi connectivity index (χ3n) is 5.55. The third kappa shape index (κ3) is 4.59. The van der Waals surface area contributed by atoms with Crippen molar-refractivity contribution < 1.29 is 14.0 Å². The van der Waals surface area contributed by atoms with E-state index in [-0.39, 0.29) is 0 Å². The van der Waals surface area contributed by atoms with Crippen LogP contribution in [-0.2, 0) is 4.74 Å². The van der Waals surface area contributed by atoms with Crippen LogP contribution in [-0.4, -0.2) is 45.6 Å². The minimum atomic E-state index is 0.829. The van der Waals surface area contributed by atoms with E-state index in [1.54, 1.807) is 7.11 Å². The highest BCUT2D eigenvalue weighted by Crippen LogP contribution is 2.34. The summed E-state index contributed by atoms with van der Waals surface area (Å²) in [6, 6.07) is 16.5. The SMILES string of the molecule is COc1ccc(C2=CC(=C3C=CC(=[N+](C)C)C=C3)OC(c3ccc(N(C)C)cc3)=C2)cc1. The van der Waals surface area contributed by atoms with E-state index in [4.69, 9.17) is 9.47 Å². The number of methoxy groups -OCH3 is 1. The molecule has 0 bridgehead atoms. The molecule has 32 heavy (non-hydrogen) atoms. The monoisotopic (exact) mass is 425 g/mol. The summed E-state index contributed by atoms with van der Waals surface area (Å²) in [7, 11) is 9.85. The van der Waals surface area contributed by atoms with Crippen LogP contribution in [0.25, 0.3) is 11.3 Å². The standard InChI is InChI=1S/C28H29N2O2/c1-29(2)24-12-6-21(7-13-24)27-18-23(20-10-16-26(31-5)17-11-20)19-28(32-27)22-8-14-25(15-9-22)30(3)4/h6-19H,1-5H3/q+1. The molecular formula is C28H29N2O2+. The molecule has 0 amide bonds. The van der Waals surface area contributed by atoms with Crippen LogP contribution in [0.2, 0.25) is 0 Å². The molecule has 0 aromatic heterocycles. The van der Waals surface area contributed by atoms with Crippen molar-refractivity contribution in [2.75, 3.05) is 40.2 Å². The Morgan fingerprint density at radius 1 is 0.781 bits per heavy atom. The average molecular weight is 426 g/mol. The van der Waals surface area contributed by atoms with Gasteiger partial charge in [0.2, 0.25) is 0 Å². The van der Waals surface area contributed by atoms with Crippen LogP contribution in [0.4, 0.5) is 5.69 Å². The zero-order chi connectivity index (χ0) is 22.7. The van der Waals surface area contributed by atoms with Crippen molar-refractivity contribution in [3.63, 3.8) is 0 Å². The zero-order valence-corrected chi connectivity index (χ0v) is 19.3. The first-order valence-corrected chi connectivity index (χ1v) is 10.6. The van der Waals surface area contributed by atoms with Crippen LogP contribution >= 0.6 is 0 Å². The van der Waals surface area contributed by atoms with Gasteiger partial charge in [-0.1, -0.05) is 12.1 Å². The Bertz CT molecular complexity index is 1170. The minimum Gasteiger partial charge on any atom is -0.497 e. The lowest BCUT2D eigenvalue weighted by atomic mass is 9.98. The third-order valence-corrected chi connectivity index (χ3v) is 5.55. The van der Waals surface area contributed by atoms with Gasteiger partial charge in [0.25, 0.3) is 0 Å². The summed E-state index contributed by atoms with van der Waals surface area (Å²) in [6.07, 6.45) is 12.6. The number of anilines is 1. The van der Waals surface area contributed by atoms with Crippen LogP contribution < -0.4 is 9.64 Å². The predicted molar refractivity (Wildman–Crippen MR) is 133 cm³/mol.